The first-order chi connectivity index (χ1) is 9.99. The van der Waals surface area contributed by atoms with Crippen LogP contribution in [0.4, 0.5) is 4.39 Å². The first kappa shape index (κ1) is 15.8. The number of aryl methyl sites for hydroxylation is 1. The van der Waals surface area contributed by atoms with Crippen LogP contribution in [0.25, 0.3) is 0 Å². The van der Waals surface area contributed by atoms with Crippen molar-refractivity contribution in [2.45, 2.75) is 38.6 Å². The smallest absolute Gasteiger partial charge is 0.241 e. The third-order valence-electron chi connectivity index (χ3n) is 4.00. The van der Waals surface area contributed by atoms with E-state index in [2.05, 4.69) is 5.32 Å². The second-order valence-electron chi connectivity index (χ2n) is 5.74. The second-order valence-corrected chi connectivity index (χ2v) is 5.74. The van der Waals surface area contributed by atoms with Gasteiger partial charge in [0.15, 0.2) is 0 Å². The molecule has 2 rings (SSSR count). The Hall–Kier alpha value is -1.62. The number of primary amides is 1. The number of halogens is 1. The Morgan fingerprint density at radius 1 is 1.52 bits per heavy atom. The zero-order valence-electron chi connectivity index (χ0n) is 12.6. The van der Waals surface area contributed by atoms with E-state index >= 15 is 0 Å². The molecule has 21 heavy (non-hydrogen) atoms. The van der Waals surface area contributed by atoms with Gasteiger partial charge in [0.2, 0.25) is 5.91 Å². The van der Waals surface area contributed by atoms with E-state index in [4.69, 9.17) is 10.5 Å². The summed E-state index contributed by atoms with van der Waals surface area (Å²) >= 11 is 0. The predicted molar refractivity (Wildman–Crippen MR) is 79.6 cm³/mol. The summed E-state index contributed by atoms with van der Waals surface area (Å²) in [6, 6.07) is 4.35. The van der Waals surface area contributed by atoms with E-state index in [9.17, 15) is 9.18 Å². The molecule has 1 aliphatic carbocycles. The lowest BCUT2D eigenvalue weighted by atomic mass is 9.93. The highest BCUT2D eigenvalue weighted by Gasteiger charge is 2.50. The topological polar surface area (TPSA) is 64.3 Å². The minimum atomic E-state index is -0.823. The van der Waals surface area contributed by atoms with Gasteiger partial charge in [-0.2, -0.15) is 0 Å². The van der Waals surface area contributed by atoms with Crippen molar-refractivity contribution < 1.29 is 13.9 Å². The number of amides is 1. The van der Waals surface area contributed by atoms with E-state index in [-0.39, 0.29) is 24.2 Å². The lowest BCUT2D eigenvalue weighted by Gasteiger charge is -2.32. The molecule has 1 aromatic rings. The fraction of sp³-hybridized carbons (Fsp3) is 0.562. The molecule has 5 heteroatoms. The van der Waals surface area contributed by atoms with Gasteiger partial charge in [-0.3, -0.25) is 4.79 Å². The minimum Gasteiger partial charge on any atom is -0.491 e. The lowest BCUT2D eigenvalue weighted by molar-refractivity contribution is -0.126. The number of benzene rings is 1. The van der Waals surface area contributed by atoms with Gasteiger partial charge in [0.25, 0.3) is 0 Å². The average Bonchev–Trinajstić information content (AvgIpc) is 3.25. The maximum Gasteiger partial charge on any atom is 0.241 e. The van der Waals surface area contributed by atoms with Gasteiger partial charge in [0.1, 0.15) is 23.7 Å². The van der Waals surface area contributed by atoms with E-state index in [1.165, 1.54) is 12.1 Å². The van der Waals surface area contributed by atoms with Crippen molar-refractivity contribution in [2.75, 3.05) is 13.2 Å². The van der Waals surface area contributed by atoms with Crippen LogP contribution in [0.15, 0.2) is 18.2 Å². The number of nitrogens with one attached hydrogen (secondary N) is 1. The van der Waals surface area contributed by atoms with Gasteiger partial charge < -0.3 is 15.8 Å². The Labute approximate surface area is 124 Å². The first-order valence-corrected chi connectivity index (χ1v) is 7.43. The van der Waals surface area contributed by atoms with Crippen LogP contribution in [-0.2, 0) is 4.79 Å². The molecule has 1 aliphatic rings. The van der Waals surface area contributed by atoms with E-state index in [1.807, 2.05) is 6.92 Å². The van der Waals surface area contributed by atoms with Gasteiger partial charge in [0.05, 0.1) is 0 Å². The maximum absolute atomic E-state index is 13.1. The Morgan fingerprint density at radius 2 is 2.24 bits per heavy atom. The van der Waals surface area contributed by atoms with Crippen LogP contribution < -0.4 is 15.8 Å². The molecular formula is C16H23FN2O2. The normalized spacial score (nSPS) is 17.3. The van der Waals surface area contributed by atoms with Crippen molar-refractivity contribution in [2.24, 2.45) is 11.7 Å². The highest BCUT2D eigenvalue weighted by Crippen LogP contribution is 2.40. The SMILES string of the molecule is CCCNC(COc1ccc(F)cc1C)(C(N)=O)C1CC1. The molecule has 1 saturated carbocycles. The van der Waals surface area contributed by atoms with Gasteiger partial charge >= 0.3 is 0 Å². The summed E-state index contributed by atoms with van der Waals surface area (Å²) in [6.45, 7) is 4.71. The number of rotatable bonds is 8. The number of hydrogen-bond donors (Lipinski definition) is 2. The highest BCUT2D eigenvalue weighted by atomic mass is 19.1. The Balaban J connectivity index is 2.13. The molecule has 4 nitrogen and oxygen atoms in total. The fourth-order valence-electron chi connectivity index (χ4n) is 2.56. The van der Waals surface area contributed by atoms with E-state index in [0.717, 1.165) is 19.3 Å². The summed E-state index contributed by atoms with van der Waals surface area (Å²) in [5.74, 6) is 0.133. The van der Waals surface area contributed by atoms with Gasteiger partial charge in [-0.1, -0.05) is 6.92 Å². The molecule has 0 aromatic heterocycles. The maximum atomic E-state index is 13.1. The third-order valence-corrected chi connectivity index (χ3v) is 4.00. The van der Waals surface area contributed by atoms with Crippen LogP contribution >= 0.6 is 0 Å². The molecule has 0 aliphatic heterocycles. The molecule has 116 valence electrons. The monoisotopic (exact) mass is 294 g/mol. The molecule has 0 radical (unpaired) electrons. The molecule has 0 spiro atoms. The van der Waals surface area contributed by atoms with Crippen molar-refractivity contribution in [3.05, 3.63) is 29.6 Å². The standard InChI is InChI=1S/C16H23FN2O2/c1-3-8-19-16(15(18)20,12-4-5-12)10-21-14-7-6-13(17)9-11(14)2/h6-7,9,12,19H,3-5,8,10H2,1-2H3,(H2,18,20). The molecule has 0 saturated heterocycles. The number of carbonyl (C=O) groups is 1. The first-order valence-electron chi connectivity index (χ1n) is 7.43. The summed E-state index contributed by atoms with van der Waals surface area (Å²) in [6.07, 6.45) is 2.87. The molecule has 1 fully saturated rings. The van der Waals surface area contributed by atoms with Crippen LogP contribution in [0.1, 0.15) is 31.7 Å². The summed E-state index contributed by atoms with van der Waals surface area (Å²) in [7, 11) is 0. The Bertz CT molecular complexity index is 517. The lowest BCUT2D eigenvalue weighted by Crippen LogP contribution is -2.61. The van der Waals surface area contributed by atoms with Crippen molar-refractivity contribution in [1.29, 1.82) is 0 Å². The summed E-state index contributed by atoms with van der Waals surface area (Å²) in [5, 5.41) is 3.27. The molecule has 1 unspecified atom stereocenters. The van der Waals surface area contributed by atoms with Gasteiger partial charge in [-0.25, -0.2) is 4.39 Å². The summed E-state index contributed by atoms with van der Waals surface area (Å²) in [5.41, 5.74) is 5.52. The van der Waals surface area contributed by atoms with Crippen LogP contribution in [0.5, 0.6) is 5.75 Å². The van der Waals surface area contributed by atoms with E-state index in [0.29, 0.717) is 17.9 Å². The Morgan fingerprint density at radius 3 is 2.76 bits per heavy atom. The summed E-state index contributed by atoms with van der Waals surface area (Å²) < 4.78 is 18.9. The highest BCUT2D eigenvalue weighted by molar-refractivity contribution is 5.85. The molecule has 1 atom stereocenters. The third kappa shape index (κ3) is 3.53. The van der Waals surface area contributed by atoms with Crippen LogP contribution in [-0.4, -0.2) is 24.6 Å². The number of ether oxygens (including phenoxy) is 1. The molecule has 0 bridgehead atoms. The molecule has 1 aromatic carbocycles. The molecule has 1 amide bonds. The second kappa shape index (κ2) is 6.43. The van der Waals surface area contributed by atoms with Crippen molar-refractivity contribution in [3.8, 4) is 5.75 Å². The van der Waals surface area contributed by atoms with Crippen molar-refractivity contribution in [3.63, 3.8) is 0 Å². The largest absolute Gasteiger partial charge is 0.491 e. The number of hydrogen-bond acceptors (Lipinski definition) is 3. The van der Waals surface area contributed by atoms with Gasteiger partial charge in [-0.05, 0) is 62.4 Å². The number of carbonyl (C=O) groups excluding carboxylic acids is 1. The van der Waals surface area contributed by atoms with Crippen LogP contribution in [0, 0.1) is 18.7 Å². The van der Waals surface area contributed by atoms with E-state index < -0.39 is 5.54 Å². The molecule has 0 heterocycles. The van der Waals surface area contributed by atoms with Crippen LogP contribution in [0.2, 0.25) is 0 Å². The zero-order chi connectivity index (χ0) is 15.5. The molecular weight excluding hydrogens is 271 g/mol. The predicted octanol–water partition coefficient (Wildman–Crippen LogP) is 2.15. The average molecular weight is 294 g/mol. The quantitative estimate of drug-likeness (QED) is 0.772. The number of nitrogens with two attached hydrogens (primary N) is 1. The minimum absolute atomic E-state index is 0.180. The molecule has 3 N–H and O–H groups in total. The van der Waals surface area contributed by atoms with Gasteiger partial charge in [-0.15, -0.1) is 0 Å². The van der Waals surface area contributed by atoms with Crippen LogP contribution in [0.3, 0.4) is 0 Å². The fourth-order valence-corrected chi connectivity index (χ4v) is 2.56. The van der Waals surface area contributed by atoms with Crippen molar-refractivity contribution >= 4 is 5.91 Å². The zero-order valence-corrected chi connectivity index (χ0v) is 12.6. The Kier molecular flexibility index (Phi) is 4.83. The summed E-state index contributed by atoms with van der Waals surface area (Å²) in [4.78, 5) is 12.0. The van der Waals surface area contributed by atoms with Crippen molar-refractivity contribution in [1.82, 2.24) is 5.32 Å². The van der Waals surface area contributed by atoms with E-state index in [1.54, 1.807) is 13.0 Å². The van der Waals surface area contributed by atoms with Gasteiger partial charge in [0, 0.05) is 0 Å².